The Morgan fingerprint density at radius 3 is 2.65 bits per heavy atom. The first kappa shape index (κ1) is 15.6. The van der Waals surface area contributed by atoms with Crippen molar-refractivity contribution in [3.8, 4) is 11.4 Å². The third kappa shape index (κ3) is 2.93. The molecule has 0 amide bonds. The summed E-state index contributed by atoms with van der Waals surface area (Å²) in [5, 5.41) is 3.13. The van der Waals surface area contributed by atoms with Crippen LogP contribution in [0.1, 0.15) is 12.6 Å². The topological polar surface area (TPSA) is 37.8 Å². The fourth-order valence-corrected chi connectivity index (χ4v) is 2.59. The number of nitrogens with zero attached hydrogens (tertiary/aromatic N) is 2. The number of anilines is 1. The molecule has 1 aromatic carbocycles. The quantitative estimate of drug-likeness (QED) is 0.548. The van der Waals surface area contributed by atoms with Crippen LogP contribution in [0, 0.1) is 22.1 Å². The number of rotatable bonds is 3. The predicted octanol–water partition coefficient (Wildman–Crippen LogP) is 4.53. The van der Waals surface area contributed by atoms with E-state index in [1.807, 2.05) is 13.8 Å². The van der Waals surface area contributed by atoms with Gasteiger partial charge < -0.3 is 5.32 Å². The van der Waals surface area contributed by atoms with E-state index in [9.17, 15) is 8.78 Å². The van der Waals surface area contributed by atoms with Crippen LogP contribution in [0.15, 0.2) is 16.6 Å². The van der Waals surface area contributed by atoms with Crippen LogP contribution in [0.25, 0.3) is 11.4 Å². The average molecular weight is 454 g/mol. The van der Waals surface area contributed by atoms with Crippen LogP contribution in [0.4, 0.5) is 14.6 Å². The molecule has 2 rings (SSSR count). The van der Waals surface area contributed by atoms with E-state index in [0.717, 1.165) is 15.3 Å². The molecule has 0 fully saturated rings. The van der Waals surface area contributed by atoms with Crippen LogP contribution in [0.5, 0.6) is 0 Å². The molecule has 0 saturated carbocycles. The molecule has 1 N–H and O–H groups in total. The second kappa shape index (κ2) is 6.30. The Hall–Kier alpha value is -0.830. The highest BCUT2D eigenvalue weighted by molar-refractivity contribution is 14.1. The zero-order valence-corrected chi connectivity index (χ0v) is 14.5. The first-order valence-electron chi connectivity index (χ1n) is 5.87. The minimum Gasteiger partial charge on any atom is -0.369 e. The molecule has 3 nitrogen and oxygen atoms in total. The molecule has 0 atom stereocenters. The van der Waals surface area contributed by atoms with E-state index >= 15 is 0 Å². The normalized spacial score (nSPS) is 10.7. The largest absolute Gasteiger partial charge is 0.369 e. The molecule has 1 aromatic heterocycles. The average Bonchev–Trinajstić information content (AvgIpc) is 2.41. The predicted molar refractivity (Wildman–Crippen MR) is 86.7 cm³/mol. The van der Waals surface area contributed by atoms with Gasteiger partial charge in [-0.05, 0) is 64.5 Å². The first-order valence-corrected chi connectivity index (χ1v) is 7.74. The molecule has 0 saturated heterocycles. The van der Waals surface area contributed by atoms with Crippen molar-refractivity contribution >= 4 is 44.3 Å². The van der Waals surface area contributed by atoms with Gasteiger partial charge in [-0.2, -0.15) is 0 Å². The number of hydrogen-bond acceptors (Lipinski definition) is 3. The van der Waals surface area contributed by atoms with Crippen molar-refractivity contribution in [2.75, 3.05) is 11.9 Å². The minimum atomic E-state index is -0.938. The maximum Gasteiger partial charge on any atom is 0.173 e. The SMILES string of the molecule is CCNc1nc(-c2ccc(F)c(F)c2Br)nc(C)c1I. The molecule has 0 unspecified atom stereocenters. The highest BCUT2D eigenvalue weighted by atomic mass is 127. The van der Waals surface area contributed by atoms with E-state index in [1.165, 1.54) is 6.07 Å². The zero-order chi connectivity index (χ0) is 14.9. The van der Waals surface area contributed by atoms with Gasteiger partial charge in [0.25, 0.3) is 0 Å². The summed E-state index contributed by atoms with van der Waals surface area (Å²) in [6.07, 6.45) is 0. The third-order valence-electron chi connectivity index (χ3n) is 2.64. The zero-order valence-electron chi connectivity index (χ0n) is 10.8. The summed E-state index contributed by atoms with van der Waals surface area (Å²) in [4.78, 5) is 8.72. The number of halogens is 4. The Labute approximate surface area is 137 Å². The van der Waals surface area contributed by atoms with E-state index < -0.39 is 11.6 Å². The molecular weight excluding hydrogens is 443 g/mol. The second-order valence-corrected chi connectivity index (χ2v) is 5.92. The lowest BCUT2D eigenvalue weighted by Gasteiger charge is -2.11. The van der Waals surface area contributed by atoms with E-state index in [2.05, 4.69) is 53.8 Å². The summed E-state index contributed by atoms with van der Waals surface area (Å²) in [7, 11) is 0. The Morgan fingerprint density at radius 1 is 1.30 bits per heavy atom. The Morgan fingerprint density at radius 2 is 2.00 bits per heavy atom. The van der Waals surface area contributed by atoms with Gasteiger partial charge in [-0.25, -0.2) is 18.7 Å². The van der Waals surface area contributed by atoms with Crippen LogP contribution < -0.4 is 5.32 Å². The second-order valence-electron chi connectivity index (χ2n) is 4.05. The van der Waals surface area contributed by atoms with Crippen LogP contribution in [0.3, 0.4) is 0 Å². The molecule has 7 heteroatoms. The summed E-state index contributed by atoms with van der Waals surface area (Å²) in [6.45, 7) is 4.52. The van der Waals surface area contributed by atoms with Crippen LogP contribution in [-0.2, 0) is 0 Å². The molecule has 0 bridgehead atoms. The van der Waals surface area contributed by atoms with Crippen LogP contribution in [0.2, 0.25) is 0 Å². The lowest BCUT2D eigenvalue weighted by Crippen LogP contribution is -2.06. The molecule has 0 aliphatic rings. The van der Waals surface area contributed by atoms with Gasteiger partial charge in [0.1, 0.15) is 5.82 Å². The van der Waals surface area contributed by atoms with Crippen molar-refractivity contribution in [2.24, 2.45) is 0 Å². The van der Waals surface area contributed by atoms with E-state index in [0.29, 0.717) is 23.8 Å². The van der Waals surface area contributed by atoms with E-state index in [4.69, 9.17) is 0 Å². The van der Waals surface area contributed by atoms with Crippen molar-refractivity contribution in [1.29, 1.82) is 0 Å². The summed E-state index contributed by atoms with van der Waals surface area (Å²) in [6, 6.07) is 2.53. The molecule has 106 valence electrons. The molecule has 0 spiro atoms. The monoisotopic (exact) mass is 453 g/mol. The van der Waals surface area contributed by atoms with E-state index in [-0.39, 0.29) is 4.47 Å². The Balaban J connectivity index is 2.61. The molecule has 20 heavy (non-hydrogen) atoms. The number of aryl methyl sites for hydroxylation is 1. The third-order valence-corrected chi connectivity index (χ3v) is 4.70. The Bertz CT molecular complexity index is 665. The molecular formula is C13H11BrF2IN3. The molecule has 2 aromatic rings. The molecule has 0 radical (unpaired) electrons. The smallest absolute Gasteiger partial charge is 0.173 e. The van der Waals surface area contributed by atoms with Gasteiger partial charge in [0, 0.05) is 12.1 Å². The standard InChI is InChI=1S/C13H11BrF2IN3/c1-3-18-13-11(17)6(2)19-12(20-13)7-4-5-8(15)10(16)9(7)14/h4-5H,3H2,1-2H3,(H,18,19,20). The fourth-order valence-electron chi connectivity index (χ4n) is 1.66. The van der Waals surface area contributed by atoms with Gasteiger partial charge in [-0.1, -0.05) is 0 Å². The minimum absolute atomic E-state index is 0.0283. The summed E-state index contributed by atoms with van der Waals surface area (Å²) < 4.78 is 27.7. The van der Waals surface area contributed by atoms with E-state index in [1.54, 1.807) is 0 Å². The lowest BCUT2D eigenvalue weighted by atomic mass is 10.2. The molecule has 1 heterocycles. The highest BCUT2D eigenvalue weighted by Gasteiger charge is 2.17. The molecule has 0 aliphatic carbocycles. The van der Waals surface area contributed by atoms with Crippen LogP contribution in [-0.4, -0.2) is 16.5 Å². The number of aromatic nitrogens is 2. The van der Waals surface area contributed by atoms with Crippen molar-refractivity contribution in [3.63, 3.8) is 0 Å². The summed E-state index contributed by atoms with van der Waals surface area (Å²) >= 11 is 5.21. The number of hydrogen-bond donors (Lipinski definition) is 1. The maximum absolute atomic E-state index is 13.6. The fraction of sp³-hybridized carbons (Fsp3) is 0.231. The van der Waals surface area contributed by atoms with Crippen molar-refractivity contribution < 1.29 is 8.78 Å². The first-order chi connectivity index (χ1) is 9.45. The lowest BCUT2D eigenvalue weighted by molar-refractivity contribution is 0.504. The highest BCUT2D eigenvalue weighted by Crippen LogP contribution is 2.31. The Kier molecular flexibility index (Phi) is 4.90. The maximum atomic E-state index is 13.6. The summed E-state index contributed by atoms with van der Waals surface area (Å²) in [5.41, 5.74) is 1.20. The van der Waals surface area contributed by atoms with Crippen LogP contribution >= 0.6 is 38.5 Å². The van der Waals surface area contributed by atoms with Gasteiger partial charge >= 0.3 is 0 Å². The van der Waals surface area contributed by atoms with Gasteiger partial charge in [0.05, 0.1) is 13.7 Å². The number of nitrogens with one attached hydrogen (secondary N) is 1. The van der Waals surface area contributed by atoms with Crippen molar-refractivity contribution in [1.82, 2.24) is 9.97 Å². The van der Waals surface area contributed by atoms with Crippen molar-refractivity contribution in [2.45, 2.75) is 13.8 Å². The van der Waals surface area contributed by atoms with Gasteiger partial charge in [0.15, 0.2) is 17.5 Å². The van der Waals surface area contributed by atoms with Gasteiger partial charge in [0.2, 0.25) is 0 Å². The molecule has 0 aliphatic heterocycles. The summed E-state index contributed by atoms with van der Waals surface area (Å²) in [5.74, 6) is -0.807. The van der Waals surface area contributed by atoms with Gasteiger partial charge in [-0.15, -0.1) is 0 Å². The van der Waals surface area contributed by atoms with Crippen molar-refractivity contribution in [3.05, 3.63) is 37.5 Å². The number of benzene rings is 1. The van der Waals surface area contributed by atoms with Gasteiger partial charge in [-0.3, -0.25) is 0 Å².